The maximum Gasteiger partial charge on any atom is 0.364 e. The number of carbonyl (C=O) groups is 2. The minimum atomic E-state index is -0.591. The highest BCUT2D eigenvalue weighted by Crippen LogP contribution is 2.16. The highest BCUT2D eigenvalue weighted by molar-refractivity contribution is 5.95. The lowest BCUT2D eigenvalue weighted by molar-refractivity contribution is 0.0726. The molecule has 1 N–H and O–H groups in total. The smallest absolute Gasteiger partial charge is 0.364 e. The van der Waals surface area contributed by atoms with Crippen LogP contribution < -0.4 is 10.1 Å². The van der Waals surface area contributed by atoms with E-state index in [9.17, 15) is 9.59 Å². The van der Waals surface area contributed by atoms with Crippen LogP contribution >= 0.6 is 0 Å². The monoisotopic (exact) mass is 397 g/mol. The number of esters is 1. The van der Waals surface area contributed by atoms with Crippen LogP contribution in [0.3, 0.4) is 0 Å². The normalized spacial score (nSPS) is 10.4. The number of benzene rings is 3. The summed E-state index contributed by atoms with van der Waals surface area (Å²) in [5, 5.41) is 7.11. The van der Waals surface area contributed by atoms with E-state index in [1.54, 1.807) is 35.1 Å². The predicted octanol–water partition coefficient (Wildman–Crippen LogP) is 4.02. The molecule has 1 aromatic heterocycles. The Hall–Kier alpha value is -4.19. The van der Waals surface area contributed by atoms with Crippen LogP contribution in [-0.2, 0) is 6.54 Å². The van der Waals surface area contributed by atoms with E-state index in [1.165, 1.54) is 6.07 Å². The van der Waals surface area contributed by atoms with E-state index in [0.717, 1.165) is 11.3 Å². The van der Waals surface area contributed by atoms with Crippen molar-refractivity contribution in [3.8, 4) is 11.4 Å². The quantitative estimate of drug-likeness (QED) is 0.394. The molecule has 0 radical (unpaired) electrons. The summed E-state index contributed by atoms with van der Waals surface area (Å²) < 4.78 is 7.01. The van der Waals surface area contributed by atoms with Gasteiger partial charge in [0.2, 0.25) is 0 Å². The Kier molecular flexibility index (Phi) is 5.66. The topological polar surface area (TPSA) is 73.2 Å². The van der Waals surface area contributed by atoms with E-state index in [4.69, 9.17) is 4.74 Å². The molecule has 0 bridgehead atoms. The van der Waals surface area contributed by atoms with Crippen molar-refractivity contribution in [3.05, 3.63) is 114 Å². The van der Waals surface area contributed by atoms with E-state index >= 15 is 0 Å². The van der Waals surface area contributed by atoms with Gasteiger partial charge in [-0.1, -0.05) is 54.6 Å². The van der Waals surface area contributed by atoms with Crippen molar-refractivity contribution in [2.75, 3.05) is 0 Å². The Morgan fingerprint density at radius 2 is 1.60 bits per heavy atom. The van der Waals surface area contributed by atoms with Gasteiger partial charge in [0.05, 0.1) is 5.69 Å². The first kappa shape index (κ1) is 19.1. The molecule has 0 saturated carbocycles. The number of ether oxygens (including phenoxy) is 1. The van der Waals surface area contributed by atoms with Crippen LogP contribution in [0.15, 0.2) is 97.2 Å². The molecule has 4 aromatic rings. The average Bonchev–Trinajstić information content (AvgIpc) is 3.30. The molecule has 0 aliphatic heterocycles. The van der Waals surface area contributed by atoms with Crippen LogP contribution in [0, 0.1) is 0 Å². The highest BCUT2D eigenvalue weighted by atomic mass is 16.5. The first-order valence-corrected chi connectivity index (χ1v) is 9.44. The summed E-state index contributed by atoms with van der Waals surface area (Å²) in [6.07, 6.45) is 1.69. The summed E-state index contributed by atoms with van der Waals surface area (Å²) in [5.74, 6) is -0.557. The standard InChI is InChI=1S/C24H19N3O3/c28-23(25-17-18-8-3-1-4-9-18)19-10-7-13-21(16-19)30-24(29)22-14-15-27(26-22)20-11-5-2-6-12-20/h1-16H,17H2,(H,25,28). The van der Waals surface area contributed by atoms with E-state index in [2.05, 4.69) is 10.4 Å². The minimum Gasteiger partial charge on any atom is -0.422 e. The largest absolute Gasteiger partial charge is 0.422 e. The number of nitrogens with zero attached hydrogens (tertiary/aromatic N) is 2. The number of para-hydroxylation sites is 1. The summed E-state index contributed by atoms with van der Waals surface area (Å²) in [4.78, 5) is 24.9. The fraction of sp³-hybridized carbons (Fsp3) is 0.0417. The molecule has 6 heteroatoms. The predicted molar refractivity (Wildman–Crippen MR) is 113 cm³/mol. The van der Waals surface area contributed by atoms with Crippen molar-refractivity contribution >= 4 is 11.9 Å². The molecule has 1 amide bonds. The molecule has 6 nitrogen and oxygen atoms in total. The van der Waals surface area contributed by atoms with E-state index in [-0.39, 0.29) is 17.4 Å². The fourth-order valence-electron chi connectivity index (χ4n) is 2.90. The zero-order chi connectivity index (χ0) is 20.8. The van der Waals surface area contributed by atoms with Crippen LogP contribution in [0.2, 0.25) is 0 Å². The molecule has 0 spiro atoms. The number of nitrogens with one attached hydrogen (secondary N) is 1. The van der Waals surface area contributed by atoms with Crippen molar-refractivity contribution in [1.29, 1.82) is 0 Å². The van der Waals surface area contributed by atoms with Crippen LogP contribution in [0.4, 0.5) is 0 Å². The molecule has 30 heavy (non-hydrogen) atoms. The zero-order valence-corrected chi connectivity index (χ0v) is 16.1. The number of hydrogen-bond donors (Lipinski definition) is 1. The van der Waals surface area contributed by atoms with Crippen LogP contribution in [0.25, 0.3) is 5.69 Å². The summed E-state index contributed by atoms with van der Waals surface area (Å²) in [6.45, 7) is 0.417. The van der Waals surface area contributed by atoms with Gasteiger partial charge in [0.15, 0.2) is 5.69 Å². The van der Waals surface area contributed by atoms with Gasteiger partial charge in [-0.3, -0.25) is 4.79 Å². The summed E-state index contributed by atoms with van der Waals surface area (Å²) in [6, 6.07) is 27.2. The zero-order valence-electron chi connectivity index (χ0n) is 16.1. The maximum atomic E-state index is 12.5. The first-order chi connectivity index (χ1) is 14.7. The van der Waals surface area contributed by atoms with Gasteiger partial charge in [-0.25, -0.2) is 9.48 Å². The molecule has 0 aliphatic carbocycles. The van der Waals surface area contributed by atoms with E-state index < -0.39 is 5.97 Å². The van der Waals surface area contributed by atoms with Gasteiger partial charge >= 0.3 is 5.97 Å². The second kappa shape index (κ2) is 8.87. The van der Waals surface area contributed by atoms with E-state index in [0.29, 0.717) is 12.1 Å². The van der Waals surface area contributed by atoms with Gasteiger partial charge in [-0.2, -0.15) is 5.10 Å². The van der Waals surface area contributed by atoms with Gasteiger partial charge in [-0.05, 0) is 42.0 Å². The van der Waals surface area contributed by atoms with Gasteiger partial charge < -0.3 is 10.1 Å². The lowest BCUT2D eigenvalue weighted by Crippen LogP contribution is -2.22. The summed E-state index contributed by atoms with van der Waals surface area (Å²) >= 11 is 0. The second-order valence-electron chi connectivity index (χ2n) is 6.57. The number of aromatic nitrogens is 2. The van der Waals surface area contributed by atoms with Crippen LogP contribution in [0.5, 0.6) is 5.75 Å². The third-order valence-electron chi connectivity index (χ3n) is 4.42. The molecule has 0 unspecified atom stereocenters. The molecule has 0 atom stereocenters. The molecule has 3 aromatic carbocycles. The molecular weight excluding hydrogens is 378 g/mol. The Morgan fingerprint density at radius 1 is 0.867 bits per heavy atom. The summed E-state index contributed by atoms with van der Waals surface area (Å²) in [5.41, 5.74) is 2.43. The maximum absolute atomic E-state index is 12.5. The number of rotatable bonds is 6. The molecule has 0 fully saturated rings. The molecular formula is C24H19N3O3. The van der Waals surface area contributed by atoms with E-state index in [1.807, 2.05) is 60.7 Å². The van der Waals surface area contributed by atoms with Gasteiger partial charge in [0, 0.05) is 18.3 Å². The molecule has 0 saturated heterocycles. The minimum absolute atomic E-state index is 0.179. The first-order valence-electron chi connectivity index (χ1n) is 9.44. The highest BCUT2D eigenvalue weighted by Gasteiger charge is 2.14. The molecule has 0 aliphatic rings. The lowest BCUT2D eigenvalue weighted by atomic mass is 10.2. The van der Waals surface area contributed by atoms with Gasteiger partial charge in [0.25, 0.3) is 5.91 Å². The van der Waals surface area contributed by atoms with Crippen molar-refractivity contribution in [1.82, 2.24) is 15.1 Å². The van der Waals surface area contributed by atoms with Crippen LogP contribution in [0.1, 0.15) is 26.4 Å². The van der Waals surface area contributed by atoms with Gasteiger partial charge in [0.1, 0.15) is 5.75 Å². The Balaban J connectivity index is 1.41. The fourth-order valence-corrected chi connectivity index (χ4v) is 2.90. The lowest BCUT2D eigenvalue weighted by Gasteiger charge is -2.07. The third kappa shape index (κ3) is 4.62. The summed E-state index contributed by atoms with van der Waals surface area (Å²) in [7, 11) is 0. The van der Waals surface area contributed by atoms with Gasteiger partial charge in [-0.15, -0.1) is 0 Å². The Morgan fingerprint density at radius 3 is 2.37 bits per heavy atom. The van der Waals surface area contributed by atoms with Crippen molar-refractivity contribution in [3.63, 3.8) is 0 Å². The third-order valence-corrected chi connectivity index (χ3v) is 4.42. The number of hydrogen-bond acceptors (Lipinski definition) is 4. The van der Waals surface area contributed by atoms with Crippen molar-refractivity contribution in [2.45, 2.75) is 6.54 Å². The van der Waals surface area contributed by atoms with Crippen molar-refractivity contribution in [2.24, 2.45) is 0 Å². The SMILES string of the molecule is O=C(NCc1ccccc1)c1cccc(OC(=O)c2ccn(-c3ccccc3)n2)c1. The second-order valence-corrected chi connectivity index (χ2v) is 6.57. The Labute approximate surface area is 173 Å². The van der Waals surface area contributed by atoms with Crippen molar-refractivity contribution < 1.29 is 14.3 Å². The Bertz CT molecular complexity index is 1150. The number of carbonyl (C=O) groups excluding carboxylic acids is 2. The molecule has 4 rings (SSSR count). The van der Waals surface area contributed by atoms with Crippen LogP contribution in [-0.4, -0.2) is 21.7 Å². The molecule has 148 valence electrons. The average molecular weight is 397 g/mol. The molecule has 1 heterocycles. The number of amides is 1.